The zero-order valence-electron chi connectivity index (χ0n) is 9.80. The number of hydrogen-bond acceptors (Lipinski definition) is 0. The first-order valence-corrected chi connectivity index (χ1v) is 9.96. The molecular weight excluding hydrogens is 488 g/mol. The Balaban J connectivity index is 1.55. The van der Waals surface area contributed by atoms with Crippen molar-refractivity contribution < 1.29 is 0 Å². The summed E-state index contributed by atoms with van der Waals surface area (Å²) in [5, 5.41) is 0. The molecule has 4 fully saturated rings. The average Bonchev–Trinajstić information content (AvgIpc) is 2.99. The minimum absolute atomic E-state index is 0.271. The van der Waals surface area contributed by atoms with Gasteiger partial charge in [-0.05, 0) is 60.2 Å². The van der Waals surface area contributed by atoms with Gasteiger partial charge in [0.05, 0.1) is 6.47 Å². The van der Waals surface area contributed by atoms with Gasteiger partial charge in [-0.1, -0.05) is 75.9 Å². The van der Waals surface area contributed by atoms with E-state index < -0.39 is 0 Å². The number of allylic oxidation sites excluding steroid dienone is 2. The summed E-state index contributed by atoms with van der Waals surface area (Å²) < 4.78 is 0.543. The molecule has 4 saturated carbocycles. The van der Waals surface area contributed by atoms with E-state index in [2.05, 4.69) is 75.9 Å². The molecule has 4 atom stereocenters. The molecule has 0 N–H and O–H groups in total. The molecule has 0 bridgehead atoms. The van der Waals surface area contributed by atoms with E-state index in [1.807, 2.05) is 0 Å². The number of rotatable bonds is 0. The van der Waals surface area contributed by atoms with Crippen LogP contribution in [0.3, 0.4) is 0 Å². The lowest BCUT2D eigenvalue weighted by molar-refractivity contribution is -0.0139. The highest BCUT2D eigenvalue weighted by atomic mass is 79.9. The molecule has 0 saturated heterocycles. The summed E-state index contributed by atoms with van der Waals surface area (Å²) in [4.78, 5) is 0. The van der Waals surface area contributed by atoms with Gasteiger partial charge in [0, 0.05) is 0 Å². The molecule has 0 aromatic heterocycles. The van der Waals surface area contributed by atoms with Crippen LogP contribution in [0.2, 0.25) is 0 Å². The van der Waals surface area contributed by atoms with Gasteiger partial charge in [0.1, 0.15) is 0 Å². The highest BCUT2D eigenvalue weighted by molar-refractivity contribution is 9.26. The SMILES string of the molecule is BrC1(Br)C2CC34C=CC3(CC21)CC1C(C4)C1(Br)Br. The molecule has 0 spiro atoms. The normalized spacial score (nSPS) is 63.8. The van der Waals surface area contributed by atoms with Crippen molar-refractivity contribution in [3.05, 3.63) is 12.2 Å². The standard InChI is InChI=1S/C14H14Br4/c15-13(16)7-3-11-1-2-12(11,5-9(7)13)6-10-8(4-11)14(10,17)18/h1-2,7-10H,3-6H2. The maximum atomic E-state index is 3.91. The first-order valence-electron chi connectivity index (χ1n) is 6.79. The van der Waals surface area contributed by atoms with Crippen LogP contribution in [0.25, 0.3) is 0 Å². The van der Waals surface area contributed by atoms with Crippen LogP contribution in [-0.4, -0.2) is 6.47 Å². The summed E-state index contributed by atoms with van der Waals surface area (Å²) in [6, 6.07) is 0. The van der Waals surface area contributed by atoms with Crippen LogP contribution >= 0.6 is 63.7 Å². The van der Waals surface area contributed by atoms with Crippen molar-refractivity contribution in [1.29, 1.82) is 0 Å². The largest absolute Gasteiger partial charge is 0.0869 e. The summed E-state index contributed by atoms with van der Waals surface area (Å²) in [5.41, 5.74) is 1.06. The second kappa shape index (κ2) is 3.05. The summed E-state index contributed by atoms with van der Waals surface area (Å²) in [7, 11) is 0. The predicted molar refractivity (Wildman–Crippen MR) is 87.6 cm³/mol. The molecular formula is C14H14Br4. The second-order valence-electron chi connectivity index (χ2n) is 7.24. The highest BCUT2D eigenvalue weighted by Gasteiger charge is 2.79. The van der Waals surface area contributed by atoms with Gasteiger partial charge in [0.15, 0.2) is 0 Å². The van der Waals surface area contributed by atoms with Crippen molar-refractivity contribution in [2.24, 2.45) is 34.5 Å². The maximum absolute atomic E-state index is 3.91. The lowest BCUT2D eigenvalue weighted by Crippen LogP contribution is -2.51. The Morgan fingerprint density at radius 3 is 1.11 bits per heavy atom. The van der Waals surface area contributed by atoms with Gasteiger partial charge < -0.3 is 0 Å². The van der Waals surface area contributed by atoms with Crippen LogP contribution in [0.15, 0.2) is 12.2 Å². The summed E-state index contributed by atoms with van der Waals surface area (Å²) in [5.74, 6) is 3.41. The van der Waals surface area contributed by atoms with Crippen molar-refractivity contribution in [3.63, 3.8) is 0 Å². The van der Waals surface area contributed by atoms with E-state index in [0.717, 1.165) is 23.7 Å². The molecule has 5 aliphatic rings. The zero-order chi connectivity index (χ0) is 12.6. The Kier molecular flexibility index (Phi) is 2.07. The highest BCUT2D eigenvalue weighted by Crippen LogP contribution is 2.85. The lowest BCUT2D eigenvalue weighted by Gasteiger charge is -2.59. The Morgan fingerprint density at radius 2 is 0.889 bits per heavy atom. The minimum atomic E-state index is 0.271. The fourth-order valence-electron chi connectivity index (χ4n) is 5.41. The molecule has 0 heterocycles. The van der Waals surface area contributed by atoms with E-state index in [0.29, 0.717) is 10.8 Å². The third-order valence-electron chi connectivity index (χ3n) is 6.78. The van der Waals surface area contributed by atoms with Gasteiger partial charge in [-0.3, -0.25) is 0 Å². The van der Waals surface area contributed by atoms with Crippen molar-refractivity contribution in [2.75, 3.05) is 0 Å². The number of halogens is 4. The zero-order valence-corrected chi connectivity index (χ0v) is 16.1. The monoisotopic (exact) mass is 498 g/mol. The smallest absolute Gasteiger partial charge is 0.0808 e. The molecule has 5 aliphatic carbocycles. The van der Waals surface area contributed by atoms with Crippen LogP contribution in [-0.2, 0) is 0 Å². The molecule has 98 valence electrons. The van der Waals surface area contributed by atoms with Gasteiger partial charge in [-0.2, -0.15) is 0 Å². The molecule has 0 aromatic rings. The number of alkyl halides is 4. The van der Waals surface area contributed by atoms with Gasteiger partial charge in [-0.25, -0.2) is 0 Å². The molecule has 4 unspecified atom stereocenters. The average molecular weight is 502 g/mol. The van der Waals surface area contributed by atoms with Gasteiger partial charge in [-0.15, -0.1) is 0 Å². The third-order valence-corrected chi connectivity index (χ3v) is 11.5. The van der Waals surface area contributed by atoms with Crippen LogP contribution in [0, 0.1) is 34.5 Å². The summed E-state index contributed by atoms with van der Waals surface area (Å²) >= 11 is 15.6. The molecule has 0 nitrogen and oxygen atoms in total. The molecule has 0 radical (unpaired) electrons. The first kappa shape index (κ1) is 12.2. The number of hydrogen-bond donors (Lipinski definition) is 0. The van der Waals surface area contributed by atoms with E-state index in [4.69, 9.17) is 0 Å². The molecule has 18 heavy (non-hydrogen) atoms. The van der Waals surface area contributed by atoms with Crippen molar-refractivity contribution in [3.8, 4) is 0 Å². The van der Waals surface area contributed by atoms with Gasteiger partial charge in [0.2, 0.25) is 0 Å². The predicted octanol–water partition coefficient (Wildman–Crippen LogP) is 5.58. The van der Waals surface area contributed by atoms with Crippen LogP contribution < -0.4 is 0 Å². The summed E-state index contributed by atoms with van der Waals surface area (Å²) in [6.07, 6.45) is 10.7. The molecule has 5 rings (SSSR count). The van der Waals surface area contributed by atoms with E-state index in [1.165, 1.54) is 25.7 Å². The van der Waals surface area contributed by atoms with Gasteiger partial charge in [0.25, 0.3) is 0 Å². The minimum Gasteiger partial charge on any atom is -0.0808 e. The molecule has 0 amide bonds. The van der Waals surface area contributed by atoms with E-state index in [1.54, 1.807) is 0 Å². The van der Waals surface area contributed by atoms with Gasteiger partial charge >= 0.3 is 0 Å². The summed E-state index contributed by atoms with van der Waals surface area (Å²) in [6.45, 7) is 0. The molecule has 0 aliphatic heterocycles. The Bertz CT molecular complexity index is 420. The molecule has 0 aromatic carbocycles. The van der Waals surface area contributed by atoms with E-state index >= 15 is 0 Å². The van der Waals surface area contributed by atoms with Crippen molar-refractivity contribution in [1.82, 2.24) is 0 Å². The van der Waals surface area contributed by atoms with E-state index in [-0.39, 0.29) is 6.47 Å². The maximum Gasteiger partial charge on any atom is 0.0869 e. The van der Waals surface area contributed by atoms with Crippen LogP contribution in [0.5, 0.6) is 0 Å². The lowest BCUT2D eigenvalue weighted by atomic mass is 9.44. The van der Waals surface area contributed by atoms with Crippen molar-refractivity contribution >= 4 is 63.7 Å². The number of fused-ring (bicyclic) bond motifs is 2. The topological polar surface area (TPSA) is 0 Å². The fourth-order valence-corrected chi connectivity index (χ4v) is 8.73. The molecule has 4 heteroatoms. The Hall–Kier alpha value is 1.66. The second-order valence-corrected chi connectivity index (χ2v) is 14.6. The Labute approximate surface area is 141 Å². The van der Waals surface area contributed by atoms with E-state index in [9.17, 15) is 0 Å². The van der Waals surface area contributed by atoms with Crippen LogP contribution in [0.1, 0.15) is 25.7 Å². The quantitative estimate of drug-likeness (QED) is 0.300. The Morgan fingerprint density at radius 1 is 0.611 bits per heavy atom. The first-order chi connectivity index (χ1) is 8.33. The third kappa shape index (κ3) is 1.14. The van der Waals surface area contributed by atoms with Crippen molar-refractivity contribution in [2.45, 2.75) is 32.2 Å². The van der Waals surface area contributed by atoms with Crippen LogP contribution in [0.4, 0.5) is 0 Å². The fraction of sp³-hybridized carbons (Fsp3) is 0.857.